The Morgan fingerprint density at radius 2 is 1.54 bits per heavy atom. The number of carbonyl (C=O) groups excluding carboxylic acids is 2. The first-order valence-electron chi connectivity index (χ1n) is 8.58. The van der Waals surface area contributed by atoms with Crippen molar-refractivity contribution in [2.45, 2.75) is 6.92 Å². The first kappa shape index (κ1) is 17.0. The molecule has 1 aromatic carbocycles. The van der Waals surface area contributed by atoms with Crippen molar-refractivity contribution in [3.8, 4) is 0 Å². The fourth-order valence-electron chi connectivity index (χ4n) is 3.46. The largest absolute Gasteiger partial charge is 0.368 e. The Labute approximate surface area is 160 Å². The molecular formula is C20H18BrN3O2. The van der Waals surface area contributed by atoms with Crippen LogP contribution in [0.4, 0.5) is 5.69 Å². The maximum atomic E-state index is 13.0. The molecule has 6 heteroatoms. The van der Waals surface area contributed by atoms with Gasteiger partial charge in [-0.3, -0.25) is 9.59 Å². The molecule has 2 aromatic rings. The molecule has 0 unspecified atom stereocenters. The van der Waals surface area contributed by atoms with Gasteiger partial charge in [0.15, 0.2) is 0 Å². The van der Waals surface area contributed by atoms with Crippen molar-refractivity contribution in [2.24, 2.45) is 0 Å². The number of halogens is 1. The van der Waals surface area contributed by atoms with Crippen LogP contribution in [0.5, 0.6) is 0 Å². The summed E-state index contributed by atoms with van der Waals surface area (Å²) in [5.74, 6) is -0.351. The van der Waals surface area contributed by atoms with Crippen LogP contribution in [0.2, 0.25) is 0 Å². The Hall–Kier alpha value is -2.47. The number of rotatable bonds is 2. The van der Waals surface area contributed by atoms with Gasteiger partial charge in [-0.05, 0) is 47.1 Å². The third-order valence-electron chi connectivity index (χ3n) is 4.83. The summed E-state index contributed by atoms with van der Waals surface area (Å²) >= 11 is 3.36. The molecule has 5 nitrogen and oxygen atoms in total. The SMILES string of the molecule is Cc1ccc2c(n1)C(=O)C(Br)=C(N1CCN(c3ccccc3)CC1)C2=O. The van der Waals surface area contributed by atoms with Gasteiger partial charge in [0, 0.05) is 37.6 Å². The Bertz CT molecular complexity index is 916. The number of benzene rings is 1. The van der Waals surface area contributed by atoms with E-state index in [1.165, 1.54) is 5.69 Å². The van der Waals surface area contributed by atoms with E-state index in [4.69, 9.17) is 0 Å². The molecule has 2 heterocycles. The van der Waals surface area contributed by atoms with Gasteiger partial charge in [-0.25, -0.2) is 4.98 Å². The normalized spacial score (nSPS) is 17.6. The number of piperazine rings is 1. The molecule has 1 aliphatic heterocycles. The average molecular weight is 412 g/mol. The summed E-state index contributed by atoms with van der Waals surface area (Å²) in [6, 6.07) is 13.7. The van der Waals surface area contributed by atoms with E-state index < -0.39 is 0 Å². The molecule has 0 spiro atoms. The third-order valence-corrected chi connectivity index (χ3v) is 5.57. The number of ketones is 2. The van der Waals surface area contributed by atoms with E-state index in [0.717, 1.165) is 18.8 Å². The predicted molar refractivity (Wildman–Crippen MR) is 104 cm³/mol. The van der Waals surface area contributed by atoms with Crippen LogP contribution >= 0.6 is 15.9 Å². The topological polar surface area (TPSA) is 53.5 Å². The van der Waals surface area contributed by atoms with E-state index in [9.17, 15) is 9.59 Å². The number of allylic oxidation sites excluding steroid dienone is 2. The summed E-state index contributed by atoms with van der Waals surface area (Å²) < 4.78 is 0.321. The van der Waals surface area contributed by atoms with E-state index in [1.54, 1.807) is 12.1 Å². The maximum absolute atomic E-state index is 13.0. The number of hydrogen-bond acceptors (Lipinski definition) is 5. The highest BCUT2D eigenvalue weighted by atomic mass is 79.9. The molecule has 1 aromatic heterocycles. The molecule has 0 saturated carbocycles. The standard InChI is InChI=1S/C20H18BrN3O2/c1-13-7-8-15-17(22-13)20(26)16(21)18(19(15)25)24-11-9-23(10-12-24)14-5-3-2-4-6-14/h2-8H,9-12H2,1H3. The van der Waals surface area contributed by atoms with Gasteiger partial charge in [0.1, 0.15) is 11.4 Å². The fraction of sp³-hybridized carbons (Fsp3) is 0.250. The number of carbonyl (C=O) groups is 2. The van der Waals surface area contributed by atoms with Crippen molar-refractivity contribution in [2.75, 3.05) is 31.1 Å². The summed E-state index contributed by atoms with van der Waals surface area (Å²) in [6.45, 7) is 4.79. The van der Waals surface area contributed by atoms with Gasteiger partial charge in [-0.1, -0.05) is 18.2 Å². The Kier molecular flexibility index (Phi) is 4.36. The first-order valence-corrected chi connectivity index (χ1v) is 9.37. The van der Waals surface area contributed by atoms with Crippen LogP contribution in [-0.4, -0.2) is 47.6 Å². The lowest BCUT2D eigenvalue weighted by atomic mass is 9.95. The number of aryl methyl sites for hydroxylation is 1. The van der Waals surface area contributed by atoms with E-state index in [1.807, 2.05) is 30.0 Å². The predicted octanol–water partition coefficient (Wildman–Crippen LogP) is 3.20. The van der Waals surface area contributed by atoms with E-state index in [0.29, 0.717) is 28.8 Å². The van der Waals surface area contributed by atoms with Gasteiger partial charge in [0.05, 0.1) is 10.0 Å². The molecule has 4 rings (SSSR count). The Morgan fingerprint density at radius 1 is 0.885 bits per heavy atom. The number of aromatic nitrogens is 1. The van der Waals surface area contributed by atoms with Crippen LogP contribution in [0.15, 0.2) is 52.6 Å². The van der Waals surface area contributed by atoms with Gasteiger partial charge in [-0.2, -0.15) is 0 Å². The van der Waals surface area contributed by atoms with Crippen molar-refractivity contribution < 1.29 is 9.59 Å². The number of pyridine rings is 1. The van der Waals surface area contributed by atoms with Gasteiger partial charge in [0.25, 0.3) is 0 Å². The quantitative estimate of drug-likeness (QED) is 0.759. The van der Waals surface area contributed by atoms with E-state index >= 15 is 0 Å². The molecule has 1 fully saturated rings. The minimum atomic E-state index is -0.219. The summed E-state index contributed by atoms with van der Waals surface area (Å²) in [5.41, 5.74) is 3.00. The molecule has 0 N–H and O–H groups in total. The highest BCUT2D eigenvalue weighted by Gasteiger charge is 2.36. The second-order valence-corrected chi connectivity index (χ2v) is 7.27. The van der Waals surface area contributed by atoms with Crippen LogP contribution < -0.4 is 4.90 Å². The average Bonchev–Trinajstić information content (AvgIpc) is 2.67. The lowest BCUT2D eigenvalue weighted by molar-refractivity contribution is 0.0943. The van der Waals surface area contributed by atoms with Crippen molar-refractivity contribution >= 4 is 33.2 Å². The Morgan fingerprint density at radius 3 is 2.23 bits per heavy atom. The highest BCUT2D eigenvalue weighted by Crippen LogP contribution is 2.31. The lowest BCUT2D eigenvalue weighted by Gasteiger charge is -2.39. The third kappa shape index (κ3) is 2.84. The molecular weight excluding hydrogens is 394 g/mol. The zero-order valence-electron chi connectivity index (χ0n) is 14.4. The van der Waals surface area contributed by atoms with Gasteiger partial charge < -0.3 is 9.80 Å². The summed E-state index contributed by atoms with van der Waals surface area (Å²) in [4.78, 5) is 34.3. The molecule has 1 aliphatic carbocycles. The van der Waals surface area contributed by atoms with Crippen LogP contribution in [0, 0.1) is 6.92 Å². The van der Waals surface area contributed by atoms with Crippen LogP contribution in [0.25, 0.3) is 0 Å². The summed E-state index contributed by atoms with van der Waals surface area (Å²) in [6.07, 6.45) is 0. The molecule has 132 valence electrons. The fourth-order valence-corrected chi connectivity index (χ4v) is 4.08. The first-order chi connectivity index (χ1) is 12.6. The number of anilines is 1. The van der Waals surface area contributed by atoms with Crippen LogP contribution in [0.1, 0.15) is 26.5 Å². The zero-order valence-corrected chi connectivity index (χ0v) is 16.0. The molecule has 0 atom stereocenters. The molecule has 26 heavy (non-hydrogen) atoms. The van der Waals surface area contributed by atoms with Crippen molar-refractivity contribution in [3.05, 3.63) is 69.6 Å². The number of Topliss-reactive ketones (excluding diaryl/α,β-unsaturated/α-hetero) is 2. The van der Waals surface area contributed by atoms with Gasteiger partial charge >= 0.3 is 0 Å². The molecule has 2 aliphatic rings. The lowest BCUT2D eigenvalue weighted by Crippen LogP contribution is -2.48. The van der Waals surface area contributed by atoms with Gasteiger partial charge in [0.2, 0.25) is 11.6 Å². The summed E-state index contributed by atoms with van der Waals surface area (Å²) in [5, 5.41) is 0. The van der Waals surface area contributed by atoms with Crippen LogP contribution in [-0.2, 0) is 0 Å². The van der Waals surface area contributed by atoms with Crippen LogP contribution in [0.3, 0.4) is 0 Å². The molecule has 0 amide bonds. The maximum Gasteiger partial charge on any atom is 0.221 e. The monoisotopic (exact) mass is 411 g/mol. The summed E-state index contributed by atoms with van der Waals surface area (Å²) in [7, 11) is 0. The molecule has 0 radical (unpaired) electrons. The second kappa shape index (κ2) is 6.68. The van der Waals surface area contributed by atoms with E-state index in [2.05, 4.69) is 37.9 Å². The van der Waals surface area contributed by atoms with Crippen molar-refractivity contribution in [1.29, 1.82) is 0 Å². The number of fused-ring (bicyclic) bond motifs is 1. The highest BCUT2D eigenvalue weighted by molar-refractivity contribution is 9.12. The molecule has 1 saturated heterocycles. The zero-order chi connectivity index (χ0) is 18.3. The van der Waals surface area contributed by atoms with Crippen molar-refractivity contribution in [1.82, 2.24) is 9.88 Å². The van der Waals surface area contributed by atoms with Crippen molar-refractivity contribution in [3.63, 3.8) is 0 Å². The Balaban J connectivity index is 1.59. The minimum Gasteiger partial charge on any atom is -0.368 e. The smallest absolute Gasteiger partial charge is 0.221 e. The number of nitrogens with zero attached hydrogens (tertiary/aromatic N) is 3. The van der Waals surface area contributed by atoms with E-state index in [-0.39, 0.29) is 17.3 Å². The number of para-hydroxylation sites is 1. The van der Waals surface area contributed by atoms with Gasteiger partial charge in [-0.15, -0.1) is 0 Å². The minimum absolute atomic E-state index is 0.132. The number of hydrogen-bond donors (Lipinski definition) is 0. The molecule has 0 bridgehead atoms. The second-order valence-electron chi connectivity index (χ2n) is 6.48.